The van der Waals surface area contributed by atoms with E-state index in [2.05, 4.69) is 36.0 Å². The normalized spacial score (nSPS) is 15.0. The minimum absolute atomic E-state index is 0.0303. The highest BCUT2D eigenvalue weighted by Crippen LogP contribution is 2.36. The summed E-state index contributed by atoms with van der Waals surface area (Å²) in [5.74, 6) is 2.20. The first kappa shape index (κ1) is 16.4. The van der Waals surface area contributed by atoms with E-state index in [1.165, 1.54) is 23.1 Å². The van der Waals surface area contributed by atoms with Crippen LogP contribution in [0.5, 0.6) is 0 Å². The molecule has 0 saturated heterocycles. The van der Waals surface area contributed by atoms with Crippen molar-refractivity contribution in [3.8, 4) is 0 Å². The van der Waals surface area contributed by atoms with Crippen LogP contribution in [0.15, 0.2) is 15.0 Å². The van der Waals surface area contributed by atoms with E-state index in [9.17, 15) is 4.79 Å². The number of aromatic nitrogens is 3. The van der Waals surface area contributed by atoms with Gasteiger partial charge in [-0.05, 0) is 12.8 Å². The van der Waals surface area contributed by atoms with Gasteiger partial charge in [0.1, 0.15) is 5.76 Å². The summed E-state index contributed by atoms with van der Waals surface area (Å²) in [6, 6.07) is 0.305. The van der Waals surface area contributed by atoms with E-state index in [0.29, 0.717) is 22.8 Å². The second kappa shape index (κ2) is 6.24. The predicted molar refractivity (Wildman–Crippen MR) is 90.9 cm³/mol. The van der Waals surface area contributed by atoms with Crippen LogP contribution in [-0.2, 0) is 16.0 Å². The molecule has 8 heteroatoms. The number of amides is 1. The van der Waals surface area contributed by atoms with E-state index in [1.54, 1.807) is 18.0 Å². The largest absolute Gasteiger partial charge is 0.444 e. The van der Waals surface area contributed by atoms with Gasteiger partial charge in [0.25, 0.3) is 0 Å². The average Bonchev–Trinajstić information content (AvgIpc) is 2.99. The first-order valence-electron chi connectivity index (χ1n) is 7.56. The van der Waals surface area contributed by atoms with Crippen molar-refractivity contribution in [2.45, 2.75) is 62.1 Å². The molecular formula is C15H20N4O2S2. The molecule has 23 heavy (non-hydrogen) atoms. The maximum absolute atomic E-state index is 11.7. The molecule has 1 amide bonds. The van der Waals surface area contributed by atoms with Gasteiger partial charge in [-0.25, -0.2) is 4.98 Å². The molecule has 1 aliphatic rings. The monoisotopic (exact) mass is 352 g/mol. The third-order valence-corrected chi connectivity index (χ3v) is 5.51. The van der Waals surface area contributed by atoms with E-state index in [4.69, 9.17) is 4.42 Å². The SMILES string of the molecule is CC(=O)N(c1nnc(SCc2ncc(C(C)(C)C)o2)s1)C1CC1. The Morgan fingerprint density at radius 2 is 2.17 bits per heavy atom. The second-order valence-electron chi connectivity index (χ2n) is 6.63. The minimum Gasteiger partial charge on any atom is -0.444 e. The fraction of sp³-hybridized carbons (Fsp3) is 0.600. The lowest BCUT2D eigenvalue weighted by Gasteiger charge is -2.15. The summed E-state index contributed by atoms with van der Waals surface area (Å²) < 4.78 is 6.59. The number of hydrogen-bond acceptors (Lipinski definition) is 7. The van der Waals surface area contributed by atoms with Crippen molar-refractivity contribution in [1.29, 1.82) is 0 Å². The molecule has 0 radical (unpaired) electrons. The van der Waals surface area contributed by atoms with Crippen LogP contribution in [0.25, 0.3) is 0 Å². The molecule has 0 bridgehead atoms. The Kier molecular flexibility index (Phi) is 4.46. The Hall–Kier alpha value is -1.41. The van der Waals surface area contributed by atoms with Crippen LogP contribution >= 0.6 is 23.1 Å². The summed E-state index contributed by atoms with van der Waals surface area (Å²) >= 11 is 2.98. The van der Waals surface area contributed by atoms with Crippen LogP contribution in [0.2, 0.25) is 0 Å². The van der Waals surface area contributed by atoms with Crippen molar-refractivity contribution in [1.82, 2.24) is 15.2 Å². The van der Waals surface area contributed by atoms with Gasteiger partial charge in [-0.1, -0.05) is 43.9 Å². The fourth-order valence-electron chi connectivity index (χ4n) is 2.09. The molecule has 1 fully saturated rings. The van der Waals surface area contributed by atoms with Gasteiger partial charge in [0, 0.05) is 18.4 Å². The van der Waals surface area contributed by atoms with Gasteiger partial charge in [-0.15, -0.1) is 10.2 Å². The molecule has 6 nitrogen and oxygen atoms in total. The summed E-state index contributed by atoms with van der Waals surface area (Å²) in [4.78, 5) is 17.8. The Labute approximate surface area is 143 Å². The van der Waals surface area contributed by atoms with E-state index in [-0.39, 0.29) is 11.3 Å². The van der Waals surface area contributed by atoms with Crippen LogP contribution in [0.3, 0.4) is 0 Å². The summed E-state index contributed by atoms with van der Waals surface area (Å²) in [5, 5.41) is 9.01. The number of carbonyl (C=O) groups is 1. The van der Waals surface area contributed by atoms with Crippen LogP contribution < -0.4 is 4.90 Å². The van der Waals surface area contributed by atoms with Gasteiger partial charge >= 0.3 is 0 Å². The van der Waals surface area contributed by atoms with Crippen molar-refractivity contribution in [3.63, 3.8) is 0 Å². The molecule has 0 N–H and O–H groups in total. The Balaban J connectivity index is 1.63. The number of anilines is 1. The van der Waals surface area contributed by atoms with Crippen molar-refractivity contribution in [3.05, 3.63) is 17.8 Å². The predicted octanol–water partition coefficient (Wildman–Crippen LogP) is 3.63. The molecular weight excluding hydrogens is 332 g/mol. The van der Waals surface area contributed by atoms with Gasteiger partial charge < -0.3 is 4.42 Å². The van der Waals surface area contributed by atoms with E-state index in [0.717, 1.165) is 22.9 Å². The van der Waals surface area contributed by atoms with Crippen LogP contribution in [0.4, 0.5) is 5.13 Å². The van der Waals surface area contributed by atoms with Gasteiger partial charge in [-0.3, -0.25) is 9.69 Å². The lowest BCUT2D eigenvalue weighted by Crippen LogP contribution is -2.30. The van der Waals surface area contributed by atoms with Gasteiger partial charge in [0.15, 0.2) is 4.34 Å². The number of nitrogens with zero attached hydrogens (tertiary/aromatic N) is 4. The zero-order valence-electron chi connectivity index (χ0n) is 13.7. The molecule has 0 spiro atoms. The van der Waals surface area contributed by atoms with Crippen LogP contribution in [-0.4, -0.2) is 27.1 Å². The summed E-state index contributed by atoms with van der Waals surface area (Å²) in [6.07, 6.45) is 3.88. The molecule has 2 aromatic heterocycles. The number of hydrogen-bond donors (Lipinski definition) is 0. The number of carbonyl (C=O) groups excluding carboxylic acids is 1. The minimum atomic E-state index is -0.0436. The molecule has 124 valence electrons. The van der Waals surface area contributed by atoms with Crippen LogP contribution in [0.1, 0.15) is 52.2 Å². The Bertz CT molecular complexity index is 700. The topological polar surface area (TPSA) is 72.1 Å². The molecule has 1 aliphatic carbocycles. The first-order chi connectivity index (χ1) is 10.8. The lowest BCUT2D eigenvalue weighted by molar-refractivity contribution is -0.116. The Morgan fingerprint density at radius 3 is 2.74 bits per heavy atom. The third kappa shape index (κ3) is 3.92. The molecule has 0 aromatic carbocycles. The van der Waals surface area contributed by atoms with E-state index in [1.807, 2.05) is 0 Å². The van der Waals surface area contributed by atoms with Gasteiger partial charge in [0.2, 0.25) is 16.9 Å². The molecule has 0 aliphatic heterocycles. The zero-order valence-corrected chi connectivity index (χ0v) is 15.3. The summed E-state index contributed by atoms with van der Waals surface area (Å²) in [6.45, 7) is 7.86. The first-order valence-corrected chi connectivity index (χ1v) is 9.36. The number of rotatable bonds is 5. The molecule has 3 rings (SSSR count). The van der Waals surface area contributed by atoms with Gasteiger partial charge in [0.05, 0.1) is 11.9 Å². The molecule has 0 unspecified atom stereocenters. The molecule has 2 heterocycles. The smallest absolute Gasteiger partial charge is 0.225 e. The lowest BCUT2D eigenvalue weighted by atomic mass is 9.94. The maximum atomic E-state index is 11.7. The number of oxazole rings is 1. The highest BCUT2D eigenvalue weighted by Gasteiger charge is 2.34. The third-order valence-electron chi connectivity index (χ3n) is 3.47. The maximum Gasteiger partial charge on any atom is 0.225 e. The van der Waals surface area contributed by atoms with Gasteiger partial charge in [-0.2, -0.15) is 0 Å². The second-order valence-corrected chi connectivity index (χ2v) is 8.81. The van der Waals surface area contributed by atoms with Crippen LogP contribution in [0, 0.1) is 0 Å². The summed E-state index contributed by atoms with van der Waals surface area (Å²) in [7, 11) is 0. The highest BCUT2D eigenvalue weighted by molar-refractivity contribution is 8.00. The average molecular weight is 352 g/mol. The van der Waals surface area contributed by atoms with E-state index < -0.39 is 0 Å². The van der Waals surface area contributed by atoms with Crippen molar-refractivity contribution < 1.29 is 9.21 Å². The highest BCUT2D eigenvalue weighted by atomic mass is 32.2. The van der Waals surface area contributed by atoms with Crippen molar-refractivity contribution in [2.75, 3.05) is 4.90 Å². The van der Waals surface area contributed by atoms with Crippen molar-refractivity contribution >= 4 is 34.1 Å². The van der Waals surface area contributed by atoms with E-state index >= 15 is 0 Å². The number of thioether (sulfide) groups is 1. The standard InChI is InChI=1S/C15H20N4O2S2/c1-9(20)19(10-5-6-10)13-17-18-14(23-13)22-8-12-16-7-11(21-12)15(2,3)4/h7,10H,5-6,8H2,1-4H3. The molecule has 0 atom stereocenters. The fourth-order valence-corrected chi connectivity index (χ4v) is 3.90. The molecule has 1 saturated carbocycles. The quantitative estimate of drug-likeness (QED) is 0.604. The Morgan fingerprint density at radius 1 is 1.43 bits per heavy atom. The molecule has 2 aromatic rings. The van der Waals surface area contributed by atoms with Crippen molar-refractivity contribution in [2.24, 2.45) is 0 Å². The zero-order chi connectivity index (χ0) is 16.6. The summed E-state index contributed by atoms with van der Waals surface area (Å²) in [5.41, 5.74) is -0.0436.